The number of rotatable bonds is 3. The first kappa shape index (κ1) is 13.5. The first-order chi connectivity index (χ1) is 7.99. The van der Waals surface area contributed by atoms with E-state index in [2.05, 4.69) is 10.5 Å². The summed E-state index contributed by atoms with van der Waals surface area (Å²) in [5.74, 6) is 0. The molecule has 6 heteroatoms. The summed E-state index contributed by atoms with van der Waals surface area (Å²) in [6.07, 6.45) is 3.51. The van der Waals surface area contributed by atoms with Crippen LogP contribution in [0.5, 0.6) is 0 Å². The van der Waals surface area contributed by atoms with E-state index in [0.717, 1.165) is 5.56 Å². The minimum absolute atomic E-state index is 0.485. The largest absolute Gasteiger partial charge is 0.350 e. The first-order valence-corrected chi connectivity index (χ1v) is 5.47. The van der Waals surface area contributed by atoms with Crippen molar-refractivity contribution in [2.75, 3.05) is 0 Å². The maximum absolute atomic E-state index is 10.4. The molecule has 0 bridgehead atoms. The molecule has 1 rings (SSSR count). The normalized spacial score (nSPS) is 11.8. The zero-order valence-corrected chi connectivity index (χ0v) is 10.6. The van der Waals surface area contributed by atoms with Crippen LogP contribution in [-0.4, -0.2) is 11.7 Å². The van der Waals surface area contributed by atoms with Gasteiger partial charge in [-0.15, -0.1) is 0 Å². The van der Waals surface area contributed by atoms with Crippen molar-refractivity contribution in [2.45, 2.75) is 6.92 Å². The summed E-state index contributed by atoms with van der Waals surface area (Å²) < 4.78 is 0. The van der Waals surface area contributed by atoms with Crippen molar-refractivity contribution in [3.05, 3.63) is 39.9 Å². The lowest BCUT2D eigenvalue weighted by atomic mass is 10.2. The predicted octanol–water partition coefficient (Wildman–Crippen LogP) is 3.05. The molecule has 0 spiro atoms. The van der Waals surface area contributed by atoms with Gasteiger partial charge in [0.1, 0.15) is 0 Å². The summed E-state index contributed by atoms with van der Waals surface area (Å²) in [4.78, 5) is 10.4. The molecule has 0 radical (unpaired) electrons. The number of hydrogen-bond acceptors (Lipinski definition) is 2. The quantitative estimate of drug-likeness (QED) is 0.644. The van der Waals surface area contributed by atoms with Gasteiger partial charge in [-0.1, -0.05) is 35.3 Å². The van der Waals surface area contributed by atoms with Crippen LogP contribution >= 0.6 is 23.2 Å². The molecule has 0 saturated carbocycles. The van der Waals surface area contributed by atoms with E-state index >= 15 is 0 Å². The van der Waals surface area contributed by atoms with Gasteiger partial charge in [0.25, 0.3) is 0 Å². The monoisotopic (exact) mass is 271 g/mol. The van der Waals surface area contributed by atoms with Crippen LogP contribution in [0.2, 0.25) is 10.0 Å². The van der Waals surface area contributed by atoms with E-state index in [1.807, 2.05) is 6.07 Å². The molecule has 4 nitrogen and oxygen atoms in total. The maximum Gasteiger partial charge on any atom is 0.332 e. The van der Waals surface area contributed by atoms with E-state index in [1.165, 1.54) is 0 Å². The van der Waals surface area contributed by atoms with Gasteiger partial charge in [0.05, 0.1) is 15.8 Å². The second-order valence-corrected chi connectivity index (χ2v) is 4.05. The van der Waals surface area contributed by atoms with Crippen LogP contribution in [-0.2, 0) is 0 Å². The summed E-state index contributed by atoms with van der Waals surface area (Å²) in [6, 6.07) is 4.55. The van der Waals surface area contributed by atoms with E-state index in [-0.39, 0.29) is 0 Å². The molecule has 0 unspecified atom stereocenters. The Kier molecular flexibility index (Phi) is 5.00. The fraction of sp³-hybridized carbons (Fsp3) is 0.0909. The smallest absolute Gasteiger partial charge is 0.332 e. The van der Waals surface area contributed by atoms with Crippen molar-refractivity contribution in [1.29, 1.82) is 0 Å². The molecule has 90 valence electrons. The molecule has 1 aromatic rings. The number of carbonyl (C=O) groups is 1. The van der Waals surface area contributed by atoms with E-state index in [0.29, 0.717) is 15.8 Å². The number of benzene rings is 1. The lowest BCUT2D eigenvalue weighted by Crippen LogP contribution is -2.25. The van der Waals surface area contributed by atoms with Gasteiger partial charge in [0.15, 0.2) is 0 Å². The number of hydrogen-bond donors (Lipinski definition) is 2. The Hall–Kier alpha value is -1.52. The SMILES string of the molecule is CC(/C=C/c1ccc(Cl)c(Cl)c1)=N\NC(N)=O. The van der Waals surface area contributed by atoms with E-state index in [9.17, 15) is 4.79 Å². The molecular formula is C11H11Cl2N3O. The van der Waals surface area contributed by atoms with Crippen LogP contribution in [0, 0.1) is 0 Å². The van der Waals surface area contributed by atoms with Crippen molar-refractivity contribution >= 4 is 41.0 Å². The lowest BCUT2D eigenvalue weighted by molar-refractivity contribution is 0.249. The summed E-state index contributed by atoms with van der Waals surface area (Å²) in [6.45, 7) is 1.73. The average molecular weight is 272 g/mol. The highest BCUT2D eigenvalue weighted by Crippen LogP contribution is 2.23. The van der Waals surface area contributed by atoms with Crippen LogP contribution in [0.4, 0.5) is 4.79 Å². The van der Waals surface area contributed by atoms with Crippen molar-refractivity contribution in [1.82, 2.24) is 5.43 Å². The van der Waals surface area contributed by atoms with Crippen LogP contribution in [0.15, 0.2) is 29.4 Å². The van der Waals surface area contributed by atoms with Gasteiger partial charge in [0, 0.05) is 0 Å². The molecule has 0 aliphatic carbocycles. The summed E-state index contributed by atoms with van der Waals surface area (Å²) in [7, 11) is 0. The van der Waals surface area contributed by atoms with Crippen molar-refractivity contribution in [2.24, 2.45) is 10.8 Å². The van der Waals surface area contributed by atoms with E-state index < -0.39 is 6.03 Å². The molecule has 0 aliphatic heterocycles. The molecule has 0 heterocycles. The summed E-state index contributed by atoms with van der Waals surface area (Å²) in [5, 5.41) is 4.71. The van der Waals surface area contributed by atoms with Gasteiger partial charge in [-0.3, -0.25) is 0 Å². The second kappa shape index (κ2) is 6.27. The summed E-state index contributed by atoms with van der Waals surface area (Å²) >= 11 is 11.6. The van der Waals surface area contributed by atoms with E-state index in [4.69, 9.17) is 28.9 Å². The molecule has 0 aromatic heterocycles. The Morgan fingerprint density at radius 3 is 2.71 bits per heavy atom. The Balaban J connectivity index is 2.73. The number of nitrogens with two attached hydrogens (primary N) is 1. The van der Waals surface area contributed by atoms with Crippen molar-refractivity contribution in [3.63, 3.8) is 0 Å². The summed E-state index contributed by atoms with van der Waals surface area (Å²) in [5.41, 5.74) is 8.49. The van der Waals surface area contributed by atoms with Crippen molar-refractivity contribution in [3.8, 4) is 0 Å². The van der Waals surface area contributed by atoms with Gasteiger partial charge in [-0.25, -0.2) is 10.2 Å². The van der Waals surface area contributed by atoms with Gasteiger partial charge >= 0.3 is 6.03 Å². The van der Waals surface area contributed by atoms with Gasteiger partial charge < -0.3 is 5.73 Å². The van der Waals surface area contributed by atoms with Crippen LogP contribution in [0.25, 0.3) is 6.08 Å². The molecule has 1 aromatic carbocycles. The maximum atomic E-state index is 10.4. The Morgan fingerprint density at radius 1 is 1.41 bits per heavy atom. The average Bonchev–Trinajstić information content (AvgIpc) is 2.28. The van der Waals surface area contributed by atoms with Crippen LogP contribution < -0.4 is 11.2 Å². The number of urea groups is 1. The molecule has 0 fully saturated rings. The number of halogens is 2. The van der Waals surface area contributed by atoms with Crippen LogP contribution in [0.1, 0.15) is 12.5 Å². The van der Waals surface area contributed by atoms with Crippen LogP contribution in [0.3, 0.4) is 0 Å². The zero-order chi connectivity index (χ0) is 12.8. The minimum atomic E-state index is -0.702. The second-order valence-electron chi connectivity index (χ2n) is 3.24. The topological polar surface area (TPSA) is 67.5 Å². The zero-order valence-electron chi connectivity index (χ0n) is 9.08. The molecule has 17 heavy (non-hydrogen) atoms. The third-order valence-electron chi connectivity index (χ3n) is 1.80. The van der Waals surface area contributed by atoms with Gasteiger partial charge in [-0.2, -0.15) is 5.10 Å². The number of carbonyl (C=O) groups excluding carboxylic acids is 1. The third kappa shape index (κ3) is 4.89. The fourth-order valence-corrected chi connectivity index (χ4v) is 1.32. The standard InChI is InChI=1S/C11H11Cl2N3O/c1-7(15-16-11(14)17)2-3-8-4-5-9(12)10(13)6-8/h2-6H,1H3,(H3,14,16,17)/b3-2+,15-7+. The Morgan fingerprint density at radius 2 is 2.12 bits per heavy atom. The Bertz CT molecular complexity index is 484. The third-order valence-corrected chi connectivity index (χ3v) is 2.54. The predicted molar refractivity (Wildman–Crippen MR) is 71.3 cm³/mol. The molecule has 0 atom stereocenters. The molecule has 3 N–H and O–H groups in total. The number of nitrogens with zero attached hydrogens (tertiary/aromatic N) is 1. The first-order valence-electron chi connectivity index (χ1n) is 4.72. The van der Waals surface area contributed by atoms with E-state index in [1.54, 1.807) is 31.2 Å². The van der Waals surface area contributed by atoms with Gasteiger partial charge in [0.2, 0.25) is 0 Å². The number of allylic oxidation sites excluding steroid dienone is 1. The number of primary amides is 1. The highest BCUT2D eigenvalue weighted by atomic mass is 35.5. The highest BCUT2D eigenvalue weighted by Gasteiger charge is 1.96. The molecular weight excluding hydrogens is 261 g/mol. The lowest BCUT2D eigenvalue weighted by Gasteiger charge is -1.98. The van der Waals surface area contributed by atoms with Gasteiger partial charge in [-0.05, 0) is 30.7 Å². The molecule has 2 amide bonds. The fourth-order valence-electron chi connectivity index (χ4n) is 1.01. The van der Waals surface area contributed by atoms with Crippen molar-refractivity contribution < 1.29 is 4.79 Å². The molecule has 0 saturated heterocycles. The number of nitrogens with one attached hydrogen (secondary N) is 1. The number of hydrazone groups is 1. The Labute approximate surface area is 109 Å². The highest BCUT2D eigenvalue weighted by molar-refractivity contribution is 6.42. The minimum Gasteiger partial charge on any atom is -0.350 e. The molecule has 0 aliphatic rings. The number of amides is 2.